The summed E-state index contributed by atoms with van der Waals surface area (Å²) >= 11 is 0. The lowest BCUT2D eigenvalue weighted by molar-refractivity contribution is -0.385. The molecule has 0 bridgehead atoms. The van der Waals surface area contributed by atoms with Crippen LogP contribution in [-0.4, -0.2) is 40.2 Å². The zero-order chi connectivity index (χ0) is 19.4. The lowest BCUT2D eigenvalue weighted by atomic mass is 10.2. The van der Waals surface area contributed by atoms with Crippen LogP contribution in [0.3, 0.4) is 0 Å². The molecule has 1 N–H and O–H groups in total. The van der Waals surface area contributed by atoms with Gasteiger partial charge >= 0.3 is 5.69 Å². The topological polar surface area (TPSA) is 126 Å². The second-order valence-corrected chi connectivity index (χ2v) is 5.98. The molecule has 0 saturated heterocycles. The number of hydrogen-bond acceptors (Lipinski definition) is 6. The van der Waals surface area contributed by atoms with Crippen LogP contribution in [0, 0.1) is 10.1 Å². The Morgan fingerprint density at radius 3 is 2.56 bits per heavy atom. The lowest BCUT2D eigenvalue weighted by Crippen LogP contribution is -2.25. The fraction of sp³-hybridized carbons (Fsp3) is 0.375. The fourth-order valence-electron chi connectivity index (χ4n) is 2.67. The minimum absolute atomic E-state index is 0.151. The number of anilines is 1. The molecule has 0 aliphatic carbocycles. The average Bonchev–Trinajstić information content (AvgIpc) is 3.37. The van der Waals surface area contributed by atoms with Crippen molar-refractivity contribution >= 4 is 17.3 Å². The third-order valence-corrected chi connectivity index (χ3v) is 4.06. The van der Waals surface area contributed by atoms with Gasteiger partial charge in [-0.3, -0.25) is 29.0 Å². The number of nitro groups is 1. The van der Waals surface area contributed by atoms with Gasteiger partial charge in [0.05, 0.1) is 29.5 Å². The van der Waals surface area contributed by atoms with E-state index in [9.17, 15) is 14.9 Å². The third-order valence-electron chi connectivity index (χ3n) is 4.06. The van der Waals surface area contributed by atoms with Crippen LogP contribution in [0.4, 0.5) is 11.4 Å². The van der Waals surface area contributed by atoms with Crippen LogP contribution in [0.5, 0.6) is 0 Å². The first kappa shape index (κ1) is 18.3. The SMILES string of the molecule is CCC(C(=O)Nc1cnn(Cc2cnn(CC)c2)c1)n1cc([N+](=O)[O-])cn1. The van der Waals surface area contributed by atoms with E-state index in [1.54, 1.807) is 23.3 Å². The molecule has 3 aromatic heterocycles. The van der Waals surface area contributed by atoms with Crippen molar-refractivity contribution in [1.82, 2.24) is 29.3 Å². The summed E-state index contributed by atoms with van der Waals surface area (Å²) in [6.45, 7) is 5.16. The number of hydrogen-bond donors (Lipinski definition) is 1. The van der Waals surface area contributed by atoms with Crippen molar-refractivity contribution in [2.24, 2.45) is 0 Å². The predicted molar refractivity (Wildman–Crippen MR) is 96.1 cm³/mol. The van der Waals surface area contributed by atoms with Gasteiger partial charge in [-0.05, 0) is 13.3 Å². The molecule has 0 aliphatic rings. The van der Waals surface area contributed by atoms with Crippen molar-refractivity contribution in [3.63, 3.8) is 0 Å². The molecule has 3 heterocycles. The lowest BCUT2D eigenvalue weighted by Gasteiger charge is -2.14. The molecule has 0 radical (unpaired) electrons. The summed E-state index contributed by atoms with van der Waals surface area (Å²) in [6, 6.07) is -0.648. The monoisotopic (exact) mass is 372 g/mol. The standard InChI is InChI=1S/C16H20N8O3/c1-3-15(23-11-14(7-19-23)24(26)27)16(25)20-13-6-18-22(10-13)9-12-5-17-21(4-2)8-12/h5-8,10-11,15H,3-4,9H2,1-2H3,(H,20,25). The summed E-state index contributed by atoms with van der Waals surface area (Å²) in [5, 5.41) is 26.0. The highest BCUT2D eigenvalue weighted by molar-refractivity contribution is 5.93. The quantitative estimate of drug-likeness (QED) is 0.475. The van der Waals surface area contributed by atoms with Gasteiger partial charge in [-0.25, -0.2) is 0 Å². The molecule has 11 heteroatoms. The van der Waals surface area contributed by atoms with Gasteiger partial charge in [-0.15, -0.1) is 0 Å². The number of nitrogens with one attached hydrogen (secondary N) is 1. The number of carbonyl (C=O) groups excluding carboxylic acids is 1. The Morgan fingerprint density at radius 2 is 1.93 bits per heavy atom. The molecule has 3 rings (SSSR count). The Kier molecular flexibility index (Phi) is 5.29. The number of rotatable bonds is 8. The van der Waals surface area contributed by atoms with Gasteiger partial charge in [0.2, 0.25) is 5.91 Å². The van der Waals surface area contributed by atoms with Crippen LogP contribution < -0.4 is 5.32 Å². The van der Waals surface area contributed by atoms with E-state index in [4.69, 9.17) is 0 Å². The maximum atomic E-state index is 12.5. The van der Waals surface area contributed by atoms with Crippen LogP contribution in [-0.2, 0) is 17.9 Å². The molecule has 0 spiro atoms. The predicted octanol–water partition coefficient (Wildman–Crippen LogP) is 1.84. The van der Waals surface area contributed by atoms with Gasteiger partial charge in [-0.2, -0.15) is 15.3 Å². The number of amides is 1. The molecule has 11 nitrogen and oxygen atoms in total. The van der Waals surface area contributed by atoms with Crippen molar-refractivity contribution in [2.75, 3.05) is 5.32 Å². The highest BCUT2D eigenvalue weighted by Crippen LogP contribution is 2.18. The summed E-state index contributed by atoms with van der Waals surface area (Å²) in [4.78, 5) is 22.8. The minimum atomic E-state index is -0.648. The molecule has 3 aromatic rings. The Balaban J connectivity index is 1.65. The van der Waals surface area contributed by atoms with Crippen molar-refractivity contribution in [3.8, 4) is 0 Å². The van der Waals surface area contributed by atoms with Crippen LogP contribution >= 0.6 is 0 Å². The number of aryl methyl sites for hydroxylation is 1. The van der Waals surface area contributed by atoms with Crippen LogP contribution in [0.2, 0.25) is 0 Å². The van der Waals surface area contributed by atoms with E-state index in [1.165, 1.54) is 10.9 Å². The van der Waals surface area contributed by atoms with Gasteiger partial charge in [0.15, 0.2) is 0 Å². The summed E-state index contributed by atoms with van der Waals surface area (Å²) in [7, 11) is 0. The molecule has 27 heavy (non-hydrogen) atoms. The van der Waals surface area contributed by atoms with E-state index < -0.39 is 11.0 Å². The van der Waals surface area contributed by atoms with Gasteiger partial charge in [-0.1, -0.05) is 6.92 Å². The summed E-state index contributed by atoms with van der Waals surface area (Å²) in [5.74, 6) is -0.311. The number of nitrogens with zero attached hydrogens (tertiary/aromatic N) is 7. The highest BCUT2D eigenvalue weighted by Gasteiger charge is 2.22. The molecular weight excluding hydrogens is 352 g/mol. The molecular formula is C16H20N8O3. The van der Waals surface area contributed by atoms with Crippen molar-refractivity contribution in [1.29, 1.82) is 0 Å². The molecule has 0 aromatic carbocycles. The van der Waals surface area contributed by atoms with Crippen LogP contribution in [0.25, 0.3) is 0 Å². The Labute approximate surface area is 154 Å². The highest BCUT2D eigenvalue weighted by atomic mass is 16.6. The van der Waals surface area contributed by atoms with Gasteiger partial charge < -0.3 is 5.32 Å². The second-order valence-electron chi connectivity index (χ2n) is 5.98. The van der Waals surface area contributed by atoms with E-state index in [2.05, 4.69) is 20.6 Å². The third kappa shape index (κ3) is 4.19. The fourth-order valence-corrected chi connectivity index (χ4v) is 2.67. The number of carbonyl (C=O) groups is 1. The van der Waals surface area contributed by atoms with E-state index in [1.807, 2.05) is 24.7 Å². The van der Waals surface area contributed by atoms with E-state index in [0.717, 1.165) is 18.3 Å². The Bertz CT molecular complexity index is 941. The normalized spacial score (nSPS) is 12.1. The van der Waals surface area contributed by atoms with E-state index >= 15 is 0 Å². The zero-order valence-corrected chi connectivity index (χ0v) is 15.0. The van der Waals surface area contributed by atoms with Crippen molar-refractivity contribution < 1.29 is 9.72 Å². The summed E-state index contributed by atoms with van der Waals surface area (Å²) in [5.41, 5.74) is 1.40. The van der Waals surface area contributed by atoms with Crippen LogP contribution in [0.15, 0.2) is 37.2 Å². The number of aromatic nitrogens is 6. The maximum Gasteiger partial charge on any atom is 0.307 e. The van der Waals surface area contributed by atoms with Gasteiger partial charge in [0, 0.05) is 24.5 Å². The average molecular weight is 372 g/mol. The zero-order valence-electron chi connectivity index (χ0n) is 15.0. The molecule has 1 unspecified atom stereocenters. The van der Waals surface area contributed by atoms with Crippen molar-refractivity contribution in [2.45, 2.75) is 39.4 Å². The molecule has 142 valence electrons. The molecule has 1 atom stereocenters. The first-order chi connectivity index (χ1) is 13.0. The first-order valence-electron chi connectivity index (χ1n) is 8.53. The van der Waals surface area contributed by atoms with Gasteiger partial charge in [0.1, 0.15) is 18.4 Å². The summed E-state index contributed by atoms with van der Waals surface area (Å²) in [6.07, 6.45) is 9.82. The van der Waals surface area contributed by atoms with Crippen molar-refractivity contribution in [3.05, 3.63) is 52.9 Å². The Hall–Kier alpha value is -3.50. The second kappa shape index (κ2) is 7.81. The van der Waals surface area contributed by atoms with E-state index in [0.29, 0.717) is 18.7 Å². The smallest absolute Gasteiger partial charge is 0.307 e. The van der Waals surface area contributed by atoms with E-state index in [-0.39, 0.29) is 11.6 Å². The molecule has 0 saturated carbocycles. The van der Waals surface area contributed by atoms with Gasteiger partial charge in [0.25, 0.3) is 0 Å². The largest absolute Gasteiger partial charge is 0.322 e. The molecule has 0 fully saturated rings. The Morgan fingerprint density at radius 1 is 1.15 bits per heavy atom. The first-order valence-corrected chi connectivity index (χ1v) is 8.53. The molecule has 1 amide bonds. The molecule has 0 aliphatic heterocycles. The summed E-state index contributed by atoms with van der Waals surface area (Å²) < 4.78 is 4.83. The minimum Gasteiger partial charge on any atom is -0.322 e. The van der Waals surface area contributed by atoms with Crippen LogP contribution in [0.1, 0.15) is 31.9 Å². The maximum absolute atomic E-state index is 12.5.